The molecule has 1 N–H and O–H groups in total. The number of imidazole rings is 1. The van der Waals surface area contributed by atoms with Crippen LogP contribution in [0.4, 0.5) is 0 Å². The molecule has 20 heavy (non-hydrogen) atoms. The van der Waals surface area contributed by atoms with E-state index in [-0.39, 0.29) is 0 Å². The van der Waals surface area contributed by atoms with Crippen LogP contribution in [-0.4, -0.2) is 23.2 Å². The van der Waals surface area contributed by atoms with Gasteiger partial charge in [-0.2, -0.15) is 0 Å². The molecule has 0 unspecified atom stereocenters. The molecule has 108 valence electrons. The second-order valence-electron chi connectivity index (χ2n) is 4.79. The van der Waals surface area contributed by atoms with Crippen molar-refractivity contribution in [2.24, 2.45) is 7.05 Å². The first-order valence-corrected chi connectivity index (χ1v) is 7.43. The Balaban J connectivity index is 2.06. The molecule has 0 bridgehead atoms. The number of aromatic nitrogens is 2. The summed E-state index contributed by atoms with van der Waals surface area (Å²) in [6.07, 6.45) is 4.57. The van der Waals surface area contributed by atoms with Gasteiger partial charge in [0.25, 0.3) is 0 Å². The van der Waals surface area contributed by atoms with Crippen LogP contribution in [0.15, 0.2) is 29.0 Å². The minimum absolute atomic E-state index is 0.629. The van der Waals surface area contributed by atoms with Crippen LogP contribution in [-0.2, 0) is 20.0 Å². The number of ether oxygens (including phenoxy) is 1. The fourth-order valence-corrected chi connectivity index (χ4v) is 2.83. The van der Waals surface area contributed by atoms with Gasteiger partial charge in [-0.25, -0.2) is 4.98 Å². The van der Waals surface area contributed by atoms with Crippen molar-refractivity contribution in [1.82, 2.24) is 14.9 Å². The minimum Gasteiger partial charge on any atom is -0.493 e. The summed E-state index contributed by atoms with van der Waals surface area (Å²) >= 11 is 3.53. The quantitative estimate of drug-likeness (QED) is 0.880. The number of hydrogen-bond donors (Lipinski definition) is 1. The van der Waals surface area contributed by atoms with Crippen molar-refractivity contribution in [2.45, 2.75) is 19.9 Å². The van der Waals surface area contributed by atoms with Gasteiger partial charge in [0.15, 0.2) is 0 Å². The highest BCUT2D eigenvalue weighted by atomic mass is 79.9. The van der Waals surface area contributed by atoms with Gasteiger partial charge in [0.05, 0.1) is 6.61 Å². The number of aryl methyl sites for hydroxylation is 2. The van der Waals surface area contributed by atoms with Crippen LogP contribution in [0.2, 0.25) is 0 Å². The average Bonchev–Trinajstić information content (AvgIpc) is 2.78. The molecule has 1 heterocycles. The molecular formula is C15H20BrN3O. The second kappa shape index (κ2) is 6.90. The van der Waals surface area contributed by atoms with Gasteiger partial charge in [-0.1, -0.05) is 15.9 Å². The van der Waals surface area contributed by atoms with E-state index in [2.05, 4.69) is 45.3 Å². The number of nitrogens with one attached hydrogen (secondary N) is 1. The van der Waals surface area contributed by atoms with Gasteiger partial charge in [-0.15, -0.1) is 0 Å². The summed E-state index contributed by atoms with van der Waals surface area (Å²) in [6, 6.07) is 4.18. The highest BCUT2D eigenvalue weighted by Gasteiger charge is 2.09. The van der Waals surface area contributed by atoms with Crippen molar-refractivity contribution in [3.05, 3.63) is 46.0 Å². The maximum Gasteiger partial charge on any atom is 0.126 e. The molecule has 1 aromatic carbocycles. The van der Waals surface area contributed by atoms with E-state index in [1.807, 2.05) is 31.1 Å². The summed E-state index contributed by atoms with van der Waals surface area (Å²) in [7, 11) is 3.94. The third kappa shape index (κ3) is 3.61. The standard InChI is InChI=1S/C15H20BrN3O/c1-11-8-13(16)9-12(10-17-2)15(11)20-7-4-14-18-5-6-19(14)3/h5-6,8-9,17H,4,7,10H2,1-3H3. The maximum atomic E-state index is 5.99. The molecule has 0 amide bonds. The van der Waals surface area contributed by atoms with Gasteiger partial charge in [-0.05, 0) is 31.7 Å². The number of hydrogen-bond acceptors (Lipinski definition) is 3. The second-order valence-corrected chi connectivity index (χ2v) is 5.71. The number of nitrogens with zero attached hydrogens (tertiary/aromatic N) is 2. The zero-order chi connectivity index (χ0) is 14.5. The normalized spacial score (nSPS) is 10.8. The van der Waals surface area contributed by atoms with E-state index in [1.54, 1.807) is 0 Å². The Morgan fingerprint density at radius 2 is 2.20 bits per heavy atom. The summed E-state index contributed by atoms with van der Waals surface area (Å²) in [6.45, 7) is 3.49. The smallest absolute Gasteiger partial charge is 0.126 e. The molecule has 4 nitrogen and oxygen atoms in total. The maximum absolute atomic E-state index is 5.99. The van der Waals surface area contributed by atoms with Gasteiger partial charge in [-0.3, -0.25) is 0 Å². The summed E-state index contributed by atoms with van der Waals surface area (Å²) < 4.78 is 9.09. The monoisotopic (exact) mass is 337 g/mol. The molecule has 2 rings (SSSR count). The summed E-state index contributed by atoms with van der Waals surface area (Å²) in [5, 5.41) is 3.17. The predicted molar refractivity (Wildman–Crippen MR) is 84.0 cm³/mol. The average molecular weight is 338 g/mol. The van der Waals surface area contributed by atoms with E-state index >= 15 is 0 Å². The van der Waals surface area contributed by atoms with Crippen LogP contribution in [0.5, 0.6) is 5.75 Å². The Bertz CT molecular complexity index is 580. The van der Waals surface area contributed by atoms with Gasteiger partial charge in [0, 0.05) is 42.4 Å². The van der Waals surface area contributed by atoms with Crippen LogP contribution in [0.3, 0.4) is 0 Å². The van der Waals surface area contributed by atoms with Gasteiger partial charge in [0.1, 0.15) is 11.6 Å². The zero-order valence-electron chi connectivity index (χ0n) is 12.1. The van der Waals surface area contributed by atoms with Crippen LogP contribution < -0.4 is 10.1 Å². The zero-order valence-corrected chi connectivity index (χ0v) is 13.7. The Morgan fingerprint density at radius 1 is 1.40 bits per heavy atom. The van der Waals surface area contributed by atoms with E-state index < -0.39 is 0 Å². The Hall–Kier alpha value is -1.33. The third-order valence-electron chi connectivity index (χ3n) is 3.18. The van der Waals surface area contributed by atoms with Crippen LogP contribution >= 0.6 is 15.9 Å². The summed E-state index contributed by atoms with van der Waals surface area (Å²) in [5.41, 5.74) is 2.31. The van der Waals surface area contributed by atoms with E-state index in [4.69, 9.17) is 4.74 Å². The van der Waals surface area contributed by atoms with Crippen molar-refractivity contribution in [1.29, 1.82) is 0 Å². The molecule has 2 aromatic rings. The van der Waals surface area contributed by atoms with Crippen LogP contribution in [0, 0.1) is 6.92 Å². The molecule has 0 fully saturated rings. The van der Waals surface area contributed by atoms with Crippen LogP contribution in [0.1, 0.15) is 17.0 Å². The molecule has 0 saturated heterocycles. The third-order valence-corrected chi connectivity index (χ3v) is 3.63. The Labute approximate surface area is 128 Å². The Morgan fingerprint density at radius 3 is 2.85 bits per heavy atom. The van der Waals surface area contributed by atoms with Gasteiger partial charge >= 0.3 is 0 Å². The molecule has 0 atom stereocenters. The van der Waals surface area contributed by atoms with E-state index in [9.17, 15) is 0 Å². The number of rotatable bonds is 6. The van der Waals surface area contributed by atoms with E-state index in [1.165, 1.54) is 5.56 Å². The number of benzene rings is 1. The van der Waals surface area contributed by atoms with Crippen molar-refractivity contribution >= 4 is 15.9 Å². The molecular weight excluding hydrogens is 318 g/mol. The molecule has 0 aliphatic rings. The van der Waals surface area contributed by atoms with Crippen molar-refractivity contribution < 1.29 is 4.74 Å². The lowest BCUT2D eigenvalue weighted by Gasteiger charge is -2.15. The predicted octanol–water partition coefficient (Wildman–Crippen LogP) is 2.83. The van der Waals surface area contributed by atoms with E-state index in [0.29, 0.717) is 6.61 Å². The van der Waals surface area contributed by atoms with E-state index in [0.717, 1.165) is 34.6 Å². The van der Waals surface area contributed by atoms with Crippen molar-refractivity contribution in [2.75, 3.05) is 13.7 Å². The molecule has 5 heteroatoms. The molecule has 0 aliphatic carbocycles. The first-order chi connectivity index (χ1) is 9.61. The fraction of sp³-hybridized carbons (Fsp3) is 0.400. The molecule has 0 radical (unpaired) electrons. The first-order valence-electron chi connectivity index (χ1n) is 6.64. The molecule has 0 spiro atoms. The van der Waals surface area contributed by atoms with Crippen molar-refractivity contribution in [3.63, 3.8) is 0 Å². The van der Waals surface area contributed by atoms with Gasteiger partial charge < -0.3 is 14.6 Å². The molecule has 1 aromatic heterocycles. The lowest BCUT2D eigenvalue weighted by Crippen LogP contribution is -2.11. The fourth-order valence-electron chi connectivity index (χ4n) is 2.21. The lowest BCUT2D eigenvalue weighted by molar-refractivity contribution is 0.311. The summed E-state index contributed by atoms with van der Waals surface area (Å²) in [4.78, 5) is 4.31. The van der Waals surface area contributed by atoms with Crippen LogP contribution in [0.25, 0.3) is 0 Å². The SMILES string of the molecule is CNCc1cc(Br)cc(C)c1OCCc1nccn1C. The number of halogens is 1. The highest BCUT2D eigenvalue weighted by Crippen LogP contribution is 2.28. The first kappa shape index (κ1) is 15.1. The largest absolute Gasteiger partial charge is 0.493 e. The summed E-state index contributed by atoms with van der Waals surface area (Å²) in [5.74, 6) is 2.01. The molecule has 0 aliphatic heterocycles. The minimum atomic E-state index is 0.629. The van der Waals surface area contributed by atoms with Gasteiger partial charge in [0.2, 0.25) is 0 Å². The topological polar surface area (TPSA) is 39.1 Å². The highest BCUT2D eigenvalue weighted by molar-refractivity contribution is 9.10. The lowest BCUT2D eigenvalue weighted by atomic mass is 10.1. The van der Waals surface area contributed by atoms with Crippen molar-refractivity contribution in [3.8, 4) is 5.75 Å². The molecule has 0 saturated carbocycles. The Kier molecular flexibility index (Phi) is 5.20.